The number of nitrogens with two attached hydrogens (primary N) is 1. The van der Waals surface area contributed by atoms with Crippen molar-refractivity contribution in [3.8, 4) is 0 Å². The Morgan fingerprint density at radius 2 is 1.67 bits per heavy atom. The Hall–Kier alpha value is -0.570. The van der Waals surface area contributed by atoms with Crippen LogP contribution < -0.4 is 5.73 Å². The van der Waals surface area contributed by atoms with Gasteiger partial charge in [-0.05, 0) is 37.5 Å². The fourth-order valence-electron chi connectivity index (χ4n) is 2.86. The molecule has 12 heavy (non-hydrogen) atoms. The van der Waals surface area contributed by atoms with Crippen LogP contribution in [0.25, 0.3) is 0 Å². The molecule has 3 aliphatic carbocycles. The van der Waals surface area contributed by atoms with Crippen molar-refractivity contribution in [2.45, 2.75) is 31.7 Å². The van der Waals surface area contributed by atoms with Gasteiger partial charge >= 0.3 is 5.97 Å². The van der Waals surface area contributed by atoms with Crippen molar-refractivity contribution in [2.75, 3.05) is 0 Å². The number of rotatable bonds is 1. The van der Waals surface area contributed by atoms with Crippen molar-refractivity contribution < 1.29 is 9.90 Å². The number of fused-ring (bicyclic) bond motifs is 3. The molecule has 3 aliphatic rings. The second-order valence-electron chi connectivity index (χ2n) is 4.12. The predicted octanol–water partition coefficient (Wildman–Crippen LogP) is 0.834. The van der Waals surface area contributed by atoms with Crippen LogP contribution in [0.15, 0.2) is 0 Å². The van der Waals surface area contributed by atoms with E-state index >= 15 is 0 Å². The van der Waals surface area contributed by atoms with Crippen LogP contribution in [-0.2, 0) is 4.79 Å². The van der Waals surface area contributed by atoms with Gasteiger partial charge in [0.05, 0.1) is 5.92 Å². The zero-order valence-electron chi connectivity index (χ0n) is 7.07. The normalized spacial score (nSPS) is 46.1. The second-order valence-corrected chi connectivity index (χ2v) is 4.12. The summed E-state index contributed by atoms with van der Waals surface area (Å²) < 4.78 is 0. The van der Waals surface area contributed by atoms with Crippen molar-refractivity contribution in [3.05, 3.63) is 0 Å². The minimum Gasteiger partial charge on any atom is -0.481 e. The molecule has 0 saturated heterocycles. The summed E-state index contributed by atoms with van der Waals surface area (Å²) in [6.07, 6.45) is 4.45. The molecule has 3 rings (SSSR count). The first-order valence-electron chi connectivity index (χ1n) is 4.68. The Labute approximate surface area is 71.9 Å². The fourth-order valence-corrected chi connectivity index (χ4v) is 2.86. The third-order valence-electron chi connectivity index (χ3n) is 3.57. The smallest absolute Gasteiger partial charge is 0.308 e. The Kier molecular flexibility index (Phi) is 1.83. The average Bonchev–Trinajstić information content (AvgIpc) is 2.05. The lowest BCUT2D eigenvalue weighted by Crippen LogP contribution is -2.52. The summed E-state index contributed by atoms with van der Waals surface area (Å²) in [5, 5.41) is 8.95. The summed E-state index contributed by atoms with van der Waals surface area (Å²) in [6.45, 7) is 0. The van der Waals surface area contributed by atoms with E-state index in [1.807, 2.05) is 0 Å². The highest BCUT2D eigenvalue weighted by atomic mass is 16.4. The van der Waals surface area contributed by atoms with Gasteiger partial charge in [0, 0.05) is 6.04 Å². The Balaban J connectivity index is 2.18. The molecule has 0 aliphatic heterocycles. The number of hydrogen-bond acceptors (Lipinski definition) is 2. The van der Waals surface area contributed by atoms with Gasteiger partial charge in [-0.15, -0.1) is 0 Å². The van der Waals surface area contributed by atoms with Crippen molar-refractivity contribution in [1.29, 1.82) is 0 Å². The van der Waals surface area contributed by atoms with E-state index in [2.05, 4.69) is 0 Å². The van der Waals surface area contributed by atoms with Crippen LogP contribution in [0.1, 0.15) is 25.7 Å². The Bertz CT molecular complexity index is 195. The van der Waals surface area contributed by atoms with Crippen LogP contribution in [0.3, 0.4) is 0 Å². The first kappa shape index (κ1) is 8.05. The lowest BCUT2D eigenvalue weighted by molar-refractivity contribution is -0.148. The summed E-state index contributed by atoms with van der Waals surface area (Å²) in [4.78, 5) is 10.9. The second kappa shape index (κ2) is 2.73. The first-order chi connectivity index (χ1) is 5.70. The standard InChI is InChI=1S/C9H15NO2/c10-8-6-3-1-5(2-4-6)7(8)9(11)12/h5-8H,1-4,10H2,(H,11,12)/t5?,6?,7-,8?/m1/s1. The van der Waals surface area contributed by atoms with Crippen molar-refractivity contribution >= 4 is 5.97 Å². The van der Waals surface area contributed by atoms with Gasteiger partial charge in [0.25, 0.3) is 0 Å². The minimum absolute atomic E-state index is 0.0741. The summed E-state index contributed by atoms with van der Waals surface area (Å²) in [5.74, 6) is -0.0898. The molecule has 0 aromatic heterocycles. The molecule has 1 unspecified atom stereocenters. The Morgan fingerprint density at radius 3 is 2.00 bits per heavy atom. The van der Waals surface area contributed by atoms with E-state index in [0.29, 0.717) is 11.8 Å². The average molecular weight is 169 g/mol. The molecule has 0 aromatic carbocycles. The molecule has 2 bridgehead atoms. The van der Waals surface area contributed by atoms with E-state index < -0.39 is 5.97 Å². The molecule has 3 fully saturated rings. The van der Waals surface area contributed by atoms with Crippen LogP contribution in [0, 0.1) is 17.8 Å². The molecule has 68 valence electrons. The molecule has 3 N–H and O–H groups in total. The molecule has 2 atom stereocenters. The molecule has 0 aromatic rings. The third kappa shape index (κ3) is 1.04. The van der Waals surface area contributed by atoms with Gasteiger partial charge in [0.1, 0.15) is 0 Å². The topological polar surface area (TPSA) is 63.3 Å². The van der Waals surface area contributed by atoms with Crippen LogP contribution in [0.4, 0.5) is 0 Å². The van der Waals surface area contributed by atoms with Crippen LogP contribution in [0.2, 0.25) is 0 Å². The fraction of sp³-hybridized carbons (Fsp3) is 0.889. The van der Waals surface area contributed by atoms with Crippen LogP contribution in [-0.4, -0.2) is 17.1 Å². The molecule has 0 spiro atoms. The van der Waals surface area contributed by atoms with Crippen LogP contribution >= 0.6 is 0 Å². The SMILES string of the molecule is NC1C2CCC(CC2)[C@H]1C(=O)O. The number of carboxylic acid groups (broad SMARTS) is 1. The van der Waals surface area contributed by atoms with E-state index in [1.54, 1.807) is 0 Å². The van der Waals surface area contributed by atoms with E-state index in [0.717, 1.165) is 25.7 Å². The van der Waals surface area contributed by atoms with Crippen molar-refractivity contribution in [2.24, 2.45) is 23.5 Å². The van der Waals surface area contributed by atoms with Gasteiger partial charge in [-0.1, -0.05) is 0 Å². The lowest BCUT2D eigenvalue weighted by Gasteiger charge is -2.45. The summed E-state index contributed by atoms with van der Waals surface area (Å²) >= 11 is 0. The summed E-state index contributed by atoms with van der Waals surface area (Å²) in [5.41, 5.74) is 5.88. The molecule has 3 saturated carbocycles. The quantitative estimate of drug-likeness (QED) is 0.611. The van der Waals surface area contributed by atoms with Crippen LogP contribution in [0.5, 0.6) is 0 Å². The first-order valence-corrected chi connectivity index (χ1v) is 4.68. The Morgan fingerprint density at radius 1 is 1.17 bits per heavy atom. The lowest BCUT2D eigenvalue weighted by atomic mass is 9.62. The molecular formula is C9H15NO2. The zero-order chi connectivity index (χ0) is 8.72. The van der Waals surface area contributed by atoms with Gasteiger partial charge in [-0.25, -0.2) is 0 Å². The summed E-state index contributed by atoms with van der Waals surface area (Å²) in [7, 11) is 0. The maximum atomic E-state index is 10.9. The third-order valence-corrected chi connectivity index (χ3v) is 3.57. The van der Waals surface area contributed by atoms with Gasteiger partial charge < -0.3 is 10.8 Å². The van der Waals surface area contributed by atoms with Gasteiger partial charge in [-0.2, -0.15) is 0 Å². The molecule has 0 radical (unpaired) electrons. The number of hydrogen-bond donors (Lipinski definition) is 2. The van der Waals surface area contributed by atoms with E-state index in [1.165, 1.54) is 0 Å². The van der Waals surface area contributed by atoms with E-state index in [4.69, 9.17) is 10.8 Å². The molecular weight excluding hydrogens is 154 g/mol. The highest BCUT2D eigenvalue weighted by molar-refractivity contribution is 5.71. The van der Waals surface area contributed by atoms with Gasteiger partial charge in [-0.3, -0.25) is 4.79 Å². The predicted molar refractivity (Wildman–Crippen MR) is 44.5 cm³/mol. The molecule has 0 amide bonds. The zero-order valence-corrected chi connectivity index (χ0v) is 7.07. The van der Waals surface area contributed by atoms with E-state index in [9.17, 15) is 4.79 Å². The van der Waals surface area contributed by atoms with Gasteiger partial charge in [0.2, 0.25) is 0 Å². The summed E-state index contributed by atoms with van der Waals surface area (Å²) in [6, 6.07) is -0.0741. The highest BCUT2D eigenvalue weighted by Crippen LogP contribution is 2.44. The monoisotopic (exact) mass is 169 g/mol. The largest absolute Gasteiger partial charge is 0.481 e. The maximum absolute atomic E-state index is 10.9. The van der Waals surface area contributed by atoms with E-state index in [-0.39, 0.29) is 12.0 Å². The number of carbonyl (C=O) groups is 1. The molecule has 3 nitrogen and oxygen atoms in total. The van der Waals surface area contributed by atoms with Crippen molar-refractivity contribution in [3.63, 3.8) is 0 Å². The van der Waals surface area contributed by atoms with Gasteiger partial charge in [0.15, 0.2) is 0 Å². The molecule has 0 heterocycles. The minimum atomic E-state index is -0.683. The number of aliphatic carboxylic acids is 1. The van der Waals surface area contributed by atoms with Crippen molar-refractivity contribution in [1.82, 2.24) is 0 Å². The molecule has 3 heteroatoms. The highest BCUT2D eigenvalue weighted by Gasteiger charge is 2.45. The number of carboxylic acids is 1. The maximum Gasteiger partial charge on any atom is 0.308 e.